The molecule has 33 heavy (non-hydrogen) atoms. The molecule has 0 aliphatic rings. The summed E-state index contributed by atoms with van der Waals surface area (Å²) >= 11 is 0. The molecule has 0 spiro atoms. The highest BCUT2D eigenvalue weighted by Crippen LogP contribution is 2.02. The Balaban J connectivity index is 5.27. The molecule has 186 valence electrons. The third-order valence-corrected chi connectivity index (χ3v) is 4.26. The molecule has 2 atom stereocenters. The average molecular weight is 473 g/mol. The fraction of sp³-hybridized carbons (Fsp3) is 0.611. The highest BCUT2D eigenvalue weighted by molar-refractivity contribution is 5.91. The minimum absolute atomic E-state index is 0.130. The summed E-state index contributed by atoms with van der Waals surface area (Å²) in [6.45, 7) is 0.158. The average Bonchev–Trinajstić information content (AvgIpc) is 2.73. The van der Waals surface area contributed by atoms with Crippen molar-refractivity contribution in [3.8, 4) is 0 Å². The van der Waals surface area contributed by atoms with E-state index < -0.39 is 48.2 Å². The Morgan fingerprint density at radius 3 is 2.27 bits per heavy atom. The molecule has 0 heterocycles. The van der Waals surface area contributed by atoms with E-state index in [9.17, 15) is 28.8 Å². The molecular weight excluding hydrogens is 440 g/mol. The van der Waals surface area contributed by atoms with Gasteiger partial charge in [-0.2, -0.15) is 0 Å². The van der Waals surface area contributed by atoms with Crippen molar-refractivity contribution >= 4 is 42.0 Å². The molecule has 0 aliphatic carbocycles. The second-order valence-corrected chi connectivity index (χ2v) is 7.10. The summed E-state index contributed by atoms with van der Waals surface area (Å²) in [4.78, 5) is 76.0. The summed E-state index contributed by atoms with van der Waals surface area (Å²) in [6.07, 6.45) is 0.828. The van der Waals surface area contributed by atoms with Crippen LogP contribution in [0.3, 0.4) is 0 Å². The summed E-state index contributed by atoms with van der Waals surface area (Å²) in [5, 5.41) is 16.1. The smallest absolute Gasteiger partial charge is 0.323 e. The van der Waals surface area contributed by atoms with Gasteiger partial charge in [0.15, 0.2) is 5.96 Å². The largest absolute Gasteiger partial charge is 0.480 e. The van der Waals surface area contributed by atoms with Crippen LogP contribution in [0.15, 0.2) is 4.99 Å². The maximum atomic E-state index is 12.7. The van der Waals surface area contributed by atoms with Crippen LogP contribution in [0.25, 0.3) is 0 Å². The lowest BCUT2D eigenvalue weighted by atomic mass is 10.1. The number of carbonyl (C=O) groups is 6. The maximum absolute atomic E-state index is 12.7. The van der Waals surface area contributed by atoms with Gasteiger partial charge < -0.3 is 42.3 Å². The quantitative estimate of drug-likeness (QED) is 0.0586. The molecule has 8 N–H and O–H groups in total. The van der Waals surface area contributed by atoms with Crippen molar-refractivity contribution < 1.29 is 33.9 Å². The lowest BCUT2D eigenvalue weighted by molar-refractivity contribution is -0.146. The first-order valence-corrected chi connectivity index (χ1v) is 9.89. The predicted molar refractivity (Wildman–Crippen MR) is 116 cm³/mol. The minimum atomic E-state index is -1.25. The van der Waals surface area contributed by atoms with Gasteiger partial charge in [0.2, 0.25) is 30.0 Å². The molecule has 0 aromatic carbocycles. The number of rotatable bonds is 15. The van der Waals surface area contributed by atoms with Crippen molar-refractivity contribution in [1.29, 1.82) is 0 Å². The van der Waals surface area contributed by atoms with E-state index in [4.69, 9.17) is 16.6 Å². The van der Waals surface area contributed by atoms with Crippen molar-refractivity contribution in [1.82, 2.24) is 25.8 Å². The standard InChI is InChI=1S/C18H32N8O7/c1-11(28)22-8-14(29)24-12(5-4-6-21-18(19)20)16(32)23-7-13(26(3)10-27)17(33)25(2)9-15(30)31/h10,12-13H,4-9H2,1-3H3,(H,22,28)(H,23,32)(H,24,29)(H,30,31)(H4,19,20,21). The van der Waals surface area contributed by atoms with Crippen LogP contribution in [-0.2, 0) is 28.8 Å². The number of hydrogen-bond donors (Lipinski definition) is 6. The summed E-state index contributed by atoms with van der Waals surface area (Å²) < 4.78 is 0. The number of carbonyl (C=O) groups excluding carboxylic acids is 5. The molecule has 0 radical (unpaired) electrons. The molecule has 15 nitrogen and oxygen atoms in total. The number of nitrogens with one attached hydrogen (secondary N) is 3. The normalized spacial score (nSPS) is 11.8. The van der Waals surface area contributed by atoms with Gasteiger partial charge in [-0.3, -0.25) is 33.8 Å². The lowest BCUT2D eigenvalue weighted by Gasteiger charge is -2.28. The number of guanidine groups is 1. The van der Waals surface area contributed by atoms with Crippen molar-refractivity contribution in [2.45, 2.75) is 31.8 Å². The van der Waals surface area contributed by atoms with E-state index in [1.165, 1.54) is 21.0 Å². The van der Waals surface area contributed by atoms with E-state index in [1.54, 1.807) is 0 Å². The minimum Gasteiger partial charge on any atom is -0.480 e. The summed E-state index contributed by atoms with van der Waals surface area (Å²) in [7, 11) is 2.55. The van der Waals surface area contributed by atoms with Gasteiger partial charge in [0.05, 0.1) is 6.54 Å². The van der Waals surface area contributed by atoms with Crippen LogP contribution < -0.4 is 27.4 Å². The molecule has 0 aliphatic heterocycles. The van der Waals surface area contributed by atoms with E-state index >= 15 is 0 Å². The van der Waals surface area contributed by atoms with Crippen LogP contribution in [0.5, 0.6) is 0 Å². The van der Waals surface area contributed by atoms with Crippen LogP contribution in [-0.4, -0.2) is 109 Å². The number of hydrogen-bond acceptors (Lipinski definition) is 7. The molecule has 2 unspecified atom stereocenters. The van der Waals surface area contributed by atoms with Crippen molar-refractivity contribution in [3.05, 3.63) is 0 Å². The van der Waals surface area contributed by atoms with E-state index in [0.717, 1.165) is 9.80 Å². The Kier molecular flexibility index (Phi) is 13.2. The molecule has 0 saturated heterocycles. The summed E-state index contributed by atoms with van der Waals surface area (Å²) in [5.74, 6) is -3.78. The van der Waals surface area contributed by atoms with Crippen LogP contribution in [0.2, 0.25) is 0 Å². The lowest BCUT2D eigenvalue weighted by Crippen LogP contribution is -2.55. The van der Waals surface area contributed by atoms with Crippen LogP contribution in [0.1, 0.15) is 19.8 Å². The number of aliphatic imine (C=N–C) groups is 1. The number of carboxylic acid groups (broad SMARTS) is 1. The predicted octanol–water partition coefficient (Wildman–Crippen LogP) is -4.22. The number of amides is 5. The Hall–Kier alpha value is -3.91. The Labute approximate surface area is 190 Å². The van der Waals surface area contributed by atoms with Crippen molar-refractivity contribution in [3.63, 3.8) is 0 Å². The highest BCUT2D eigenvalue weighted by Gasteiger charge is 2.29. The molecule has 0 bridgehead atoms. The highest BCUT2D eigenvalue weighted by atomic mass is 16.4. The Morgan fingerprint density at radius 2 is 1.76 bits per heavy atom. The van der Waals surface area contributed by atoms with Crippen LogP contribution >= 0.6 is 0 Å². The van der Waals surface area contributed by atoms with E-state index in [0.29, 0.717) is 12.8 Å². The van der Waals surface area contributed by atoms with Gasteiger partial charge in [-0.25, -0.2) is 0 Å². The topological polar surface area (TPSA) is 230 Å². The Bertz CT molecular complexity index is 754. The zero-order valence-corrected chi connectivity index (χ0v) is 18.9. The molecule has 0 fully saturated rings. The van der Waals surface area contributed by atoms with Crippen LogP contribution in [0.4, 0.5) is 0 Å². The van der Waals surface area contributed by atoms with Gasteiger partial charge in [-0.05, 0) is 12.8 Å². The summed E-state index contributed by atoms with van der Waals surface area (Å²) in [6, 6.07) is -2.22. The van der Waals surface area contributed by atoms with Crippen LogP contribution in [0, 0.1) is 0 Å². The molecular formula is C18H32N8O7. The molecule has 0 saturated carbocycles. The fourth-order valence-corrected chi connectivity index (χ4v) is 2.56. The van der Waals surface area contributed by atoms with Gasteiger partial charge in [-0.1, -0.05) is 0 Å². The second-order valence-electron chi connectivity index (χ2n) is 7.10. The van der Waals surface area contributed by atoms with Gasteiger partial charge in [0, 0.05) is 34.1 Å². The second kappa shape index (κ2) is 15.0. The molecule has 0 aromatic heterocycles. The molecule has 5 amide bonds. The van der Waals surface area contributed by atoms with Gasteiger partial charge in [0.25, 0.3) is 0 Å². The zero-order valence-electron chi connectivity index (χ0n) is 18.9. The Morgan fingerprint density at radius 1 is 1.12 bits per heavy atom. The number of nitrogens with two attached hydrogens (primary N) is 2. The van der Waals surface area contributed by atoms with Crippen molar-refractivity contribution in [2.24, 2.45) is 16.5 Å². The molecule has 15 heteroatoms. The van der Waals surface area contributed by atoms with Gasteiger partial charge >= 0.3 is 5.97 Å². The monoisotopic (exact) mass is 472 g/mol. The van der Waals surface area contributed by atoms with Gasteiger partial charge in [-0.15, -0.1) is 0 Å². The SMILES string of the molecule is CC(=O)NCC(=O)NC(CCCN=C(N)N)C(=O)NCC(C(=O)N(C)CC(=O)O)N(C)C=O. The summed E-state index contributed by atoms with van der Waals surface area (Å²) in [5.41, 5.74) is 10.5. The van der Waals surface area contributed by atoms with E-state index in [-0.39, 0.29) is 32.0 Å². The van der Waals surface area contributed by atoms with E-state index in [2.05, 4.69) is 20.9 Å². The first-order valence-electron chi connectivity index (χ1n) is 9.89. The fourth-order valence-electron chi connectivity index (χ4n) is 2.56. The maximum Gasteiger partial charge on any atom is 0.323 e. The first kappa shape index (κ1) is 29.1. The number of aliphatic carboxylic acids is 1. The zero-order chi connectivity index (χ0) is 25.6. The molecule has 0 rings (SSSR count). The number of nitrogens with zero attached hydrogens (tertiary/aromatic N) is 3. The number of likely N-dealkylation sites (N-methyl/N-ethyl adjacent to an activating group) is 2. The number of carboxylic acids is 1. The van der Waals surface area contributed by atoms with Crippen molar-refractivity contribution in [2.75, 3.05) is 40.3 Å². The van der Waals surface area contributed by atoms with E-state index in [1.807, 2.05) is 0 Å². The first-order chi connectivity index (χ1) is 15.4. The van der Waals surface area contributed by atoms with Gasteiger partial charge in [0.1, 0.15) is 18.6 Å². The molecule has 0 aromatic rings. The third-order valence-electron chi connectivity index (χ3n) is 4.26. The third kappa shape index (κ3) is 12.5.